The van der Waals surface area contributed by atoms with E-state index in [4.69, 9.17) is 0 Å². The Balaban J connectivity index is 1.77. The Bertz CT molecular complexity index is 1830. The van der Waals surface area contributed by atoms with E-state index in [1.807, 2.05) is 0 Å². The van der Waals surface area contributed by atoms with Gasteiger partial charge in [-0.2, -0.15) is 0 Å². The molecule has 7 aromatic rings. The summed E-state index contributed by atoms with van der Waals surface area (Å²) in [5.41, 5.74) is 10.6. The number of hydrogen-bond donors (Lipinski definition) is 0. The van der Waals surface area contributed by atoms with Gasteiger partial charge in [0.2, 0.25) is 0 Å². The van der Waals surface area contributed by atoms with Crippen LogP contribution in [-0.4, -0.2) is 4.40 Å². The minimum Gasteiger partial charge on any atom is -0.308 e. The van der Waals surface area contributed by atoms with Crippen molar-refractivity contribution in [1.29, 1.82) is 0 Å². The first-order chi connectivity index (χ1) is 15.6. The van der Waals surface area contributed by atoms with Crippen molar-refractivity contribution in [3.63, 3.8) is 0 Å². The van der Waals surface area contributed by atoms with Crippen LogP contribution in [0.2, 0.25) is 0 Å². The molecule has 7 rings (SSSR count). The number of rotatable bonds is 1. The van der Waals surface area contributed by atoms with Gasteiger partial charge in [-0.25, -0.2) is 0 Å². The van der Waals surface area contributed by atoms with Crippen LogP contribution >= 0.6 is 0 Å². The molecule has 0 bridgehead atoms. The van der Waals surface area contributed by atoms with Gasteiger partial charge < -0.3 is 4.40 Å². The number of benzene rings is 5. The van der Waals surface area contributed by atoms with Gasteiger partial charge in [-0.15, -0.1) is 0 Å². The minimum atomic E-state index is 1.28. The smallest absolute Gasteiger partial charge is 0.0621 e. The molecule has 2 heterocycles. The summed E-state index contributed by atoms with van der Waals surface area (Å²) >= 11 is 0. The van der Waals surface area contributed by atoms with Gasteiger partial charge in [0, 0.05) is 21.5 Å². The maximum absolute atomic E-state index is 2.47. The molecule has 0 spiro atoms. The topological polar surface area (TPSA) is 4.41 Å². The van der Waals surface area contributed by atoms with E-state index in [1.54, 1.807) is 0 Å². The van der Waals surface area contributed by atoms with Gasteiger partial charge in [0.25, 0.3) is 0 Å². The highest BCUT2D eigenvalue weighted by Crippen LogP contribution is 2.44. The fourth-order valence-electron chi connectivity index (χ4n) is 6.05. The molecule has 0 aliphatic carbocycles. The van der Waals surface area contributed by atoms with Crippen LogP contribution in [0.3, 0.4) is 0 Å². The van der Waals surface area contributed by atoms with Crippen molar-refractivity contribution in [1.82, 2.24) is 4.40 Å². The number of aryl methyl sites for hydroxylation is 3. The van der Waals surface area contributed by atoms with Crippen LogP contribution in [0.1, 0.15) is 16.7 Å². The van der Waals surface area contributed by atoms with Crippen molar-refractivity contribution in [3.8, 4) is 11.1 Å². The quantitative estimate of drug-likeness (QED) is 0.256. The lowest BCUT2D eigenvalue weighted by atomic mass is 9.91. The van der Waals surface area contributed by atoms with Gasteiger partial charge in [-0.1, -0.05) is 66.2 Å². The molecule has 1 nitrogen and oxygen atoms in total. The highest BCUT2D eigenvalue weighted by atomic mass is 14.9. The predicted molar refractivity (Wildman–Crippen MR) is 138 cm³/mol. The fraction of sp³-hybridized carbons (Fsp3) is 0.0968. The zero-order chi connectivity index (χ0) is 21.6. The molecule has 0 amide bonds. The molecule has 152 valence electrons. The average molecular weight is 410 g/mol. The number of aromatic nitrogens is 1. The Morgan fingerprint density at radius 3 is 2.06 bits per heavy atom. The summed E-state index contributed by atoms with van der Waals surface area (Å²) in [4.78, 5) is 0. The van der Waals surface area contributed by atoms with Gasteiger partial charge in [0.15, 0.2) is 0 Å². The Morgan fingerprint density at radius 1 is 0.562 bits per heavy atom. The summed E-state index contributed by atoms with van der Waals surface area (Å²) in [5, 5.41) is 7.99. The number of fused-ring (bicyclic) bond motifs is 8. The average Bonchev–Trinajstić information content (AvgIpc) is 3.30. The monoisotopic (exact) mass is 409 g/mol. The molecule has 0 aliphatic heterocycles. The maximum Gasteiger partial charge on any atom is 0.0621 e. The van der Waals surface area contributed by atoms with E-state index in [9.17, 15) is 0 Å². The molecular weight excluding hydrogens is 386 g/mol. The van der Waals surface area contributed by atoms with E-state index < -0.39 is 0 Å². The van der Waals surface area contributed by atoms with Crippen LogP contribution in [-0.2, 0) is 0 Å². The van der Waals surface area contributed by atoms with E-state index in [1.165, 1.54) is 76.7 Å². The summed E-state index contributed by atoms with van der Waals surface area (Å²) in [5.74, 6) is 0. The highest BCUT2D eigenvalue weighted by Gasteiger charge is 2.20. The van der Waals surface area contributed by atoms with Crippen molar-refractivity contribution < 1.29 is 0 Å². The Morgan fingerprint density at radius 2 is 1.25 bits per heavy atom. The molecule has 32 heavy (non-hydrogen) atoms. The summed E-state index contributed by atoms with van der Waals surface area (Å²) in [6.07, 6.45) is 0. The van der Waals surface area contributed by atoms with Gasteiger partial charge in [0.1, 0.15) is 0 Å². The molecule has 0 saturated heterocycles. The zero-order valence-electron chi connectivity index (χ0n) is 18.5. The van der Waals surface area contributed by atoms with Crippen LogP contribution in [0, 0.1) is 20.8 Å². The van der Waals surface area contributed by atoms with Crippen LogP contribution in [0.5, 0.6) is 0 Å². The first-order valence-corrected chi connectivity index (χ1v) is 11.3. The standard InChI is InChI=1S/C31H23N/c1-18-14-19(2)29(20(3)15-18)22-16-25-24-10-6-7-11-27(24)32-28-13-12-21-8-4-5-9-23(21)30(28)26(17-22)31(25)32/h4-17H,1-3H3. The molecular formula is C31H23N. The van der Waals surface area contributed by atoms with Gasteiger partial charge in [0.05, 0.1) is 16.6 Å². The van der Waals surface area contributed by atoms with E-state index in [-0.39, 0.29) is 0 Å². The molecule has 0 radical (unpaired) electrons. The summed E-state index contributed by atoms with van der Waals surface area (Å²) in [6, 6.07) is 31.6. The maximum atomic E-state index is 2.47. The lowest BCUT2D eigenvalue weighted by Crippen LogP contribution is -1.90. The first kappa shape index (κ1) is 17.8. The first-order valence-electron chi connectivity index (χ1n) is 11.3. The molecule has 0 saturated carbocycles. The molecule has 0 atom stereocenters. The summed E-state index contributed by atoms with van der Waals surface area (Å²) in [6.45, 7) is 6.67. The molecule has 0 aliphatic rings. The molecule has 5 aromatic carbocycles. The lowest BCUT2D eigenvalue weighted by Gasteiger charge is -2.13. The fourth-order valence-corrected chi connectivity index (χ4v) is 6.05. The molecule has 0 unspecified atom stereocenters. The van der Waals surface area contributed by atoms with Crippen LogP contribution in [0.25, 0.3) is 60.0 Å². The SMILES string of the molecule is Cc1cc(C)c(-c2cc3c4ccccc4n4c5ccc6ccccc6c5c(c2)c34)c(C)c1. The predicted octanol–water partition coefficient (Wildman–Crippen LogP) is 8.58. The lowest BCUT2D eigenvalue weighted by molar-refractivity contribution is 1.32. The summed E-state index contributed by atoms with van der Waals surface area (Å²) < 4.78 is 2.47. The second-order valence-electron chi connectivity index (χ2n) is 9.23. The molecule has 0 N–H and O–H groups in total. The molecule has 2 aromatic heterocycles. The van der Waals surface area contributed by atoms with Crippen LogP contribution in [0.15, 0.2) is 84.9 Å². The third kappa shape index (κ3) is 2.18. The number of nitrogens with zero attached hydrogens (tertiary/aromatic N) is 1. The largest absolute Gasteiger partial charge is 0.308 e. The van der Waals surface area contributed by atoms with Crippen molar-refractivity contribution >= 4 is 48.9 Å². The number of para-hydroxylation sites is 1. The second kappa shape index (κ2) is 6.11. The van der Waals surface area contributed by atoms with E-state index in [0.717, 1.165) is 0 Å². The Labute approximate surface area is 186 Å². The van der Waals surface area contributed by atoms with Crippen LogP contribution < -0.4 is 0 Å². The summed E-state index contributed by atoms with van der Waals surface area (Å²) in [7, 11) is 0. The zero-order valence-corrected chi connectivity index (χ0v) is 18.5. The van der Waals surface area contributed by atoms with Crippen molar-refractivity contribution in [2.24, 2.45) is 0 Å². The van der Waals surface area contributed by atoms with E-state index in [2.05, 4.69) is 110 Å². The highest BCUT2D eigenvalue weighted by molar-refractivity contribution is 6.29. The van der Waals surface area contributed by atoms with Crippen molar-refractivity contribution in [3.05, 3.63) is 102 Å². The molecule has 1 heteroatoms. The van der Waals surface area contributed by atoms with E-state index >= 15 is 0 Å². The second-order valence-corrected chi connectivity index (χ2v) is 9.23. The van der Waals surface area contributed by atoms with Crippen molar-refractivity contribution in [2.75, 3.05) is 0 Å². The third-order valence-corrected chi connectivity index (χ3v) is 7.15. The third-order valence-electron chi connectivity index (χ3n) is 7.15. The van der Waals surface area contributed by atoms with E-state index in [0.29, 0.717) is 0 Å². The number of hydrogen-bond acceptors (Lipinski definition) is 0. The Hall–Kier alpha value is -3.84. The van der Waals surface area contributed by atoms with Gasteiger partial charge >= 0.3 is 0 Å². The molecule has 0 fully saturated rings. The Kier molecular flexibility index (Phi) is 3.40. The van der Waals surface area contributed by atoms with Gasteiger partial charge in [-0.3, -0.25) is 0 Å². The normalized spacial score (nSPS) is 12.2. The van der Waals surface area contributed by atoms with Crippen LogP contribution in [0.4, 0.5) is 0 Å². The van der Waals surface area contributed by atoms with Gasteiger partial charge in [-0.05, 0) is 78.1 Å². The van der Waals surface area contributed by atoms with Crippen molar-refractivity contribution in [2.45, 2.75) is 20.8 Å². The minimum absolute atomic E-state index is 1.28.